The zero-order valence-corrected chi connectivity index (χ0v) is 16.0. The molecule has 2 aromatic carbocycles. The van der Waals surface area contributed by atoms with E-state index in [4.69, 9.17) is 0 Å². The second kappa shape index (κ2) is 7.36. The predicted octanol–water partition coefficient (Wildman–Crippen LogP) is 4.04. The molecule has 0 spiro atoms. The topological polar surface area (TPSA) is 72.7 Å². The van der Waals surface area contributed by atoms with Crippen LogP contribution in [0.3, 0.4) is 0 Å². The van der Waals surface area contributed by atoms with E-state index >= 15 is 0 Å². The van der Waals surface area contributed by atoms with E-state index in [1.807, 2.05) is 49.4 Å². The van der Waals surface area contributed by atoms with Gasteiger partial charge in [-0.3, -0.25) is 4.79 Å². The Labute approximate surface area is 161 Å². The van der Waals surface area contributed by atoms with Crippen LogP contribution in [0.25, 0.3) is 22.1 Å². The maximum absolute atomic E-state index is 12.2. The van der Waals surface area contributed by atoms with Crippen molar-refractivity contribution in [3.05, 3.63) is 54.1 Å². The van der Waals surface area contributed by atoms with Gasteiger partial charge in [0.1, 0.15) is 5.52 Å². The van der Waals surface area contributed by atoms with E-state index in [-0.39, 0.29) is 11.7 Å². The van der Waals surface area contributed by atoms with Crippen LogP contribution in [0, 0.1) is 6.92 Å². The second-order valence-corrected chi connectivity index (χ2v) is 7.18. The molecule has 0 aliphatic heterocycles. The average molecular weight is 377 g/mol. The molecule has 0 aliphatic carbocycles. The first-order valence-corrected chi connectivity index (χ1v) is 9.75. The van der Waals surface area contributed by atoms with Crippen molar-refractivity contribution < 1.29 is 4.79 Å². The predicted molar refractivity (Wildman–Crippen MR) is 109 cm³/mol. The summed E-state index contributed by atoms with van der Waals surface area (Å²) in [6, 6.07) is 15.8. The molecule has 0 fully saturated rings. The first-order chi connectivity index (χ1) is 13.2. The molecule has 7 heteroatoms. The van der Waals surface area contributed by atoms with Gasteiger partial charge in [0.25, 0.3) is 0 Å². The molecule has 0 saturated heterocycles. The Bertz CT molecular complexity index is 1140. The summed E-state index contributed by atoms with van der Waals surface area (Å²) in [5.41, 5.74) is 4.58. The van der Waals surface area contributed by atoms with E-state index < -0.39 is 0 Å². The summed E-state index contributed by atoms with van der Waals surface area (Å²) < 4.78 is 2.12. The number of carbonyl (C=O) groups excluding carboxylic acids is 1. The number of aromatic nitrogens is 4. The van der Waals surface area contributed by atoms with Crippen LogP contribution in [0.15, 0.2) is 53.7 Å². The Hall–Kier alpha value is -2.93. The molecule has 2 aromatic heterocycles. The number of rotatable bonds is 5. The smallest absolute Gasteiger partial charge is 0.234 e. The molecule has 4 aromatic rings. The summed E-state index contributed by atoms with van der Waals surface area (Å²) in [5.74, 6) is 0.137. The molecular formula is C20H19N5OS. The van der Waals surface area contributed by atoms with Crippen LogP contribution in [-0.2, 0) is 11.3 Å². The fourth-order valence-corrected chi connectivity index (χ4v) is 3.70. The number of anilines is 1. The number of nitrogens with one attached hydrogen (secondary N) is 1. The molecule has 4 rings (SSSR count). The third-order valence-electron chi connectivity index (χ3n) is 4.30. The van der Waals surface area contributed by atoms with Crippen LogP contribution in [0.5, 0.6) is 0 Å². The number of aryl methyl sites for hydroxylation is 2. The third kappa shape index (κ3) is 3.50. The quantitative estimate of drug-likeness (QED) is 0.532. The average Bonchev–Trinajstić information content (AvgIpc) is 2.99. The zero-order chi connectivity index (χ0) is 18.8. The highest BCUT2D eigenvalue weighted by molar-refractivity contribution is 7.99. The molecule has 0 saturated carbocycles. The van der Waals surface area contributed by atoms with Crippen molar-refractivity contribution >= 4 is 45.4 Å². The lowest BCUT2D eigenvalue weighted by atomic mass is 10.2. The molecule has 0 aliphatic rings. The van der Waals surface area contributed by atoms with E-state index in [2.05, 4.69) is 38.1 Å². The van der Waals surface area contributed by atoms with Crippen molar-refractivity contribution in [1.29, 1.82) is 0 Å². The molecule has 2 heterocycles. The highest BCUT2D eigenvalue weighted by Crippen LogP contribution is 2.27. The summed E-state index contributed by atoms with van der Waals surface area (Å²) >= 11 is 1.29. The highest BCUT2D eigenvalue weighted by atomic mass is 32.2. The van der Waals surface area contributed by atoms with E-state index in [1.54, 1.807) is 0 Å². The Morgan fingerprint density at radius 2 is 2.00 bits per heavy atom. The minimum Gasteiger partial charge on any atom is -0.325 e. The molecule has 1 N–H and O–H groups in total. The van der Waals surface area contributed by atoms with Crippen molar-refractivity contribution in [2.45, 2.75) is 25.5 Å². The number of carbonyl (C=O) groups is 1. The second-order valence-electron chi connectivity index (χ2n) is 6.23. The molecule has 0 unspecified atom stereocenters. The van der Waals surface area contributed by atoms with E-state index in [9.17, 15) is 4.79 Å². The molecule has 0 radical (unpaired) electrons. The molecule has 27 heavy (non-hydrogen) atoms. The Morgan fingerprint density at radius 3 is 2.81 bits per heavy atom. The summed E-state index contributed by atoms with van der Waals surface area (Å²) in [5, 5.41) is 13.0. The molecule has 0 bridgehead atoms. The lowest BCUT2D eigenvalue weighted by Gasteiger charge is -2.05. The number of benzene rings is 2. The van der Waals surface area contributed by atoms with Crippen LogP contribution >= 0.6 is 11.8 Å². The number of hydrogen-bond acceptors (Lipinski definition) is 5. The van der Waals surface area contributed by atoms with E-state index in [0.29, 0.717) is 5.16 Å². The largest absolute Gasteiger partial charge is 0.325 e. The van der Waals surface area contributed by atoms with Gasteiger partial charge in [-0.2, -0.15) is 0 Å². The fraction of sp³-hybridized carbons (Fsp3) is 0.200. The maximum Gasteiger partial charge on any atom is 0.234 e. The van der Waals surface area contributed by atoms with Crippen molar-refractivity contribution in [3.63, 3.8) is 0 Å². The summed E-state index contributed by atoms with van der Waals surface area (Å²) in [7, 11) is 0. The number of para-hydroxylation sites is 1. The standard InChI is InChI=1S/C20H19N5OS/c1-3-25-16-10-5-4-9-15(16)18-19(25)22-20(24-23-18)27-12-17(26)21-14-8-6-7-13(2)11-14/h4-11H,3,12H2,1-2H3,(H,21,26). The monoisotopic (exact) mass is 377 g/mol. The van der Waals surface area contributed by atoms with Gasteiger partial charge in [-0.25, -0.2) is 4.98 Å². The zero-order valence-electron chi connectivity index (χ0n) is 15.1. The third-order valence-corrected chi connectivity index (χ3v) is 5.14. The number of fused-ring (bicyclic) bond motifs is 3. The summed E-state index contributed by atoms with van der Waals surface area (Å²) in [6.07, 6.45) is 0. The Kier molecular flexibility index (Phi) is 4.77. The summed E-state index contributed by atoms with van der Waals surface area (Å²) in [4.78, 5) is 16.9. The van der Waals surface area contributed by atoms with Gasteiger partial charge < -0.3 is 9.88 Å². The van der Waals surface area contributed by atoms with Gasteiger partial charge in [0.2, 0.25) is 11.1 Å². The van der Waals surface area contributed by atoms with Crippen molar-refractivity contribution in [1.82, 2.24) is 19.7 Å². The van der Waals surface area contributed by atoms with Crippen LogP contribution < -0.4 is 5.32 Å². The normalized spacial score (nSPS) is 11.2. The summed E-state index contributed by atoms with van der Waals surface area (Å²) in [6.45, 7) is 4.86. The minimum atomic E-state index is -0.0923. The Morgan fingerprint density at radius 1 is 1.15 bits per heavy atom. The number of amides is 1. The number of nitrogens with zero attached hydrogens (tertiary/aromatic N) is 4. The molecule has 1 amide bonds. The van der Waals surface area contributed by atoms with Gasteiger partial charge >= 0.3 is 0 Å². The van der Waals surface area contributed by atoms with Gasteiger partial charge in [-0.15, -0.1) is 10.2 Å². The lowest BCUT2D eigenvalue weighted by Crippen LogP contribution is -2.14. The molecule has 0 atom stereocenters. The lowest BCUT2D eigenvalue weighted by molar-refractivity contribution is -0.113. The van der Waals surface area contributed by atoms with Crippen molar-refractivity contribution in [2.75, 3.05) is 11.1 Å². The molecule has 6 nitrogen and oxygen atoms in total. The Balaban J connectivity index is 1.54. The van der Waals surface area contributed by atoms with Crippen LogP contribution in [-0.4, -0.2) is 31.4 Å². The van der Waals surface area contributed by atoms with Gasteiger partial charge in [0, 0.05) is 17.6 Å². The van der Waals surface area contributed by atoms with Crippen LogP contribution in [0.2, 0.25) is 0 Å². The van der Waals surface area contributed by atoms with Crippen molar-refractivity contribution in [2.24, 2.45) is 0 Å². The first kappa shape index (κ1) is 17.5. The van der Waals surface area contributed by atoms with Gasteiger partial charge in [-0.1, -0.05) is 42.1 Å². The molecular weight excluding hydrogens is 358 g/mol. The first-order valence-electron chi connectivity index (χ1n) is 8.76. The van der Waals surface area contributed by atoms with Gasteiger partial charge in [-0.05, 0) is 37.6 Å². The van der Waals surface area contributed by atoms with E-state index in [0.717, 1.165) is 39.9 Å². The maximum atomic E-state index is 12.2. The van der Waals surface area contributed by atoms with Crippen LogP contribution in [0.4, 0.5) is 5.69 Å². The highest BCUT2D eigenvalue weighted by Gasteiger charge is 2.14. The fourth-order valence-electron chi connectivity index (χ4n) is 3.12. The van der Waals surface area contributed by atoms with Crippen LogP contribution in [0.1, 0.15) is 12.5 Å². The van der Waals surface area contributed by atoms with E-state index in [1.165, 1.54) is 11.8 Å². The number of thioether (sulfide) groups is 1. The van der Waals surface area contributed by atoms with Gasteiger partial charge in [0.15, 0.2) is 5.65 Å². The van der Waals surface area contributed by atoms with Gasteiger partial charge in [0.05, 0.1) is 11.3 Å². The SMILES string of the molecule is CCn1c2ccccc2c2nnc(SCC(=O)Nc3cccc(C)c3)nc21. The minimum absolute atomic E-state index is 0.0923. The molecule has 136 valence electrons. The number of hydrogen-bond donors (Lipinski definition) is 1. The van der Waals surface area contributed by atoms with Crippen molar-refractivity contribution in [3.8, 4) is 0 Å².